The van der Waals surface area contributed by atoms with E-state index >= 15 is 0 Å². The molecule has 0 amide bonds. The second kappa shape index (κ2) is 10.2. The van der Waals surface area contributed by atoms with Crippen molar-refractivity contribution in [2.45, 2.75) is 44.4 Å². The molecule has 0 bridgehead atoms. The van der Waals surface area contributed by atoms with Gasteiger partial charge in [0.25, 0.3) is 0 Å². The predicted octanol–water partition coefficient (Wildman–Crippen LogP) is 4.58. The van der Waals surface area contributed by atoms with Gasteiger partial charge in [0.15, 0.2) is 0 Å². The Morgan fingerprint density at radius 3 is 2.75 bits per heavy atom. The summed E-state index contributed by atoms with van der Waals surface area (Å²) in [5, 5.41) is 13.5. The molecule has 1 fully saturated rings. The summed E-state index contributed by atoms with van der Waals surface area (Å²) in [5.41, 5.74) is 3.83. The van der Waals surface area contributed by atoms with Crippen molar-refractivity contribution in [1.29, 1.82) is 0 Å². The predicted molar refractivity (Wildman–Crippen MR) is 116 cm³/mol. The monoisotopic (exact) mass is 425 g/mol. The fourth-order valence-electron chi connectivity index (χ4n) is 3.80. The Morgan fingerprint density at radius 1 is 1.14 bits per heavy atom. The first-order valence-corrected chi connectivity index (χ1v) is 9.33. The van der Waals surface area contributed by atoms with E-state index in [1.165, 1.54) is 6.07 Å². The number of nitrogens with one attached hydrogen (secondary N) is 1. The number of rotatable bonds is 5. The molecular formula is C21H26Cl2FN3O. The van der Waals surface area contributed by atoms with Crippen LogP contribution in [0.15, 0.2) is 48.8 Å². The van der Waals surface area contributed by atoms with E-state index in [1.54, 1.807) is 12.1 Å². The van der Waals surface area contributed by atoms with Gasteiger partial charge in [0.1, 0.15) is 5.82 Å². The van der Waals surface area contributed by atoms with Gasteiger partial charge in [-0.2, -0.15) is 0 Å². The quantitative estimate of drug-likeness (QED) is 0.628. The third-order valence-corrected chi connectivity index (χ3v) is 5.24. The molecule has 1 aliphatic heterocycles. The smallest absolute Gasteiger partial charge is 0.123 e. The Bertz CT molecular complexity index is 902. The SMILES string of the molecule is Cl.Cl.O[C@H]1CCCN[C@@H]1CCCn1cnc2cc(-c3cccc(F)c3)ccc21. The highest BCUT2D eigenvalue weighted by Crippen LogP contribution is 2.25. The molecule has 0 aliphatic carbocycles. The van der Waals surface area contributed by atoms with Crippen LogP contribution in [0.2, 0.25) is 0 Å². The molecule has 152 valence electrons. The zero-order chi connectivity index (χ0) is 17.9. The molecule has 0 radical (unpaired) electrons. The molecule has 2 atom stereocenters. The molecule has 2 aromatic carbocycles. The van der Waals surface area contributed by atoms with Crippen molar-refractivity contribution in [3.63, 3.8) is 0 Å². The number of fused-ring (bicyclic) bond motifs is 1. The van der Waals surface area contributed by atoms with Crippen LogP contribution in [0, 0.1) is 5.82 Å². The van der Waals surface area contributed by atoms with Gasteiger partial charge in [0.2, 0.25) is 0 Å². The van der Waals surface area contributed by atoms with Gasteiger partial charge in [0.05, 0.1) is 23.5 Å². The van der Waals surface area contributed by atoms with Gasteiger partial charge in [-0.3, -0.25) is 0 Å². The third kappa shape index (κ3) is 5.03. The van der Waals surface area contributed by atoms with E-state index in [0.29, 0.717) is 0 Å². The number of piperidine rings is 1. The third-order valence-electron chi connectivity index (χ3n) is 5.24. The van der Waals surface area contributed by atoms with Crippen molar-refractivity contribution >= 4 is 35.8 Å². The van der Waals surface area contributed by atoms with E-state index in [0.717, 1.165) is 60.9 Å². The maximum atomic E-state index is 13.4. The largest absolute Gasteiger partial charge is 0.392 e. The topological polar surface area (TPSA) is 50.1 Å². The normalized spacial score (nSPS) is 19.1. The highest BCUT2D eigenvalue weighted by molar-refractivity contribution is 5.85. The van der Waals surface area contributed by atoms with Gasteiger partial charge < -0.3 is 15.0 Å². The number of hydrogen-bond donors (Lipinski definition) is 2. The standard InChI is InChI=1S/C21H24FN3O.2ClH/c22-17-5-1-4-15(12-17)16-8-9-20-19(13-16)24-14-25(20)11-3-6-18-21(26)7-2-10-23-18;;/h1,4-5,8-9,12-14,18,21,23,26H,2-3,6-7,10-11H2;2*1H/t18-,21+;;/m1../s1. The minimum atomic E-state index is -0.230. The average Bonchev–Trinajstić information content (AvgIpc) is 3.06. The van der Waals surface area contributed by atoms with Crippen LogP contribution in [0.3, 0.4) is 0 Å². The number of halogens is 3. The first-order chi connectivity index (χ1) is 12.7. The zero-order valence-corrected chi connectivity index (χ0v) is 17.2. The molecule has 1 saturated heterocycles. The van der Waals surface area contributed by atoms with E-state index in [2.05, 4.69) is 20.9 Å². The molecule has 4 rings (SSSR count). The molecule has 7 heteroatoms. The lowest BCUT2D eigenvalue weighted by Crippen LogP contribution is -2.44. The lowest BCUT2D eigenvalue weighted by atomic mass is 9.97. The van der Waals surface area contributed by atoms with Crippen molar-refractivity contribution in [3.05, 3.63) is 54.6 Å². The van der Waals surface area contributed by atoms with Crippen LogP contribution in [-0.4, -0.2) is 33.3 Å². The first-order valence-electron chi connectivity index (χ1n) is 9.33. The Morgan fingerprint density at radius 2 is 1.96 bits per heavy atom. The van der Waals surface area contributed by atoms with Crippen LogP contribution in [0.4, 0.5) is 4.39 Å². The van der Waals surface area contributed by atoms with Crippen LogP contribution in [0.5, 0.6) is 0 Å². The van der Waals surface area contributed by atoms with E-state index in [9.17, 15) is 9.50 Å². The Balaban J connectivity index is 0.00000140. The first kappa shape index (κ1) is 22.6. The number of imidazole rings is 1. The van der Waals surface area contributed by atoms with Crippen LogP contribution < -0.4 is 5.32 Å². The second-order valence-corrected chi connectivity index (χ2v) is 7.06. The highest BCUT2D eigenvalue weighted by Gasteiger charge is 2.21. The van der Waals surface area contributed by atoms with Crippen molar-refractivity contribution in [3.8, 4) is 11.1 Å². The minimum absolute atomic E-state index is 0. The number of benzene rings is 2. The van der Waals surface area contributed by atoms with Gasteiger partial charge in [-0.05, 0) is 67.6 Å². The summed E-state index contributed by atoms with van der Waals surface area (Å²) in [4.78, 5) is 4.51. The fraction of sp³-hybridized carbons (Fsp3) is 0.381. The Kier molecular flexibility index (Phi) is 8.25. The molecule has 0 unspecified atom stereocenters. The number of hydrogen-bond acceptors (Lipinski definition) is 3. The second-order valence-electron chi connectivity index (χ2n) is 7.06. The van der Waals surface area contributed by atoms with Crippen molar-refractivity contribution in [2.75, 3.05) is 6.54 Å². The molecule has 2 heterocycles. The lowest BCUT2D eigenvalue weighted by Gasteiger charge is -2.29. The Hall–Kier alpha value is -1.66. The molecule has 4 nitrogen and oxygen atoms in total. The summed E-state index contributed by atoms with van der Waals surface area (Å²) in [6.07, 6.45) is 5.54. The van der Waals surface area contributed by atoms with Crippen molar-refractivity contribution < 1.29 is 9.50 Å². The van der Waals surface area contributed by atoms with Crippen LogP contribution in [-0.2, 0) is 6.54 Å². The van der Waals surface area contributed by atoms with Crippen LogP contribution in [0.1, 0.15) is 25.7 Å². The van der Waals surface area contributed by atoms with Gasteiger partial charge in [-0.15, -0.1) is 24.8 Å². The van der Waals surface area contributed by atoms with E-state index in [1.807, 2.05) is 24.5 Å². The number of aromatic nitrogens is 2. The number of nitrogens with zero attached hydrogens (tertiary/aromatic N) is 2. The van der Waals surface area contributed by atoms with Crippen LogP contribution in [0.25, 0.3) is 22.2 Å². The highest BCUT2D eigenvalue weighted by atomic mass is 35.5. The molecule has 3 aromatic rings. The molecular weight excluding hydrogens is 400 g/mol. The molecule has 1 aliphatic rings. The lowest BCUT2D eigenvalue weighted by molar-refractivity contribution is 0.0909. The maximum absolute atomic E-state index is 13.4. The molecule has 28 heavy (non-hydrogen) atoms. The number of aliphatic hydroxyl groups excluding tert-OH is 1. The number of aliphatic hydroxyl groups is 1. The van der Waals surface area contributed by atoms with E-state index in [4.69, 9.17) is 0 Å². The molecule has 1 aromatic heterocycles. The van der Waals surface area contributed by atoms with Gasteiger partial charge in [-0.1, -0.05) is 18.2 Å². The molecule has 0 spiro atoms. The van der Waals surface area contributed by atoms with Gasteiger partial charge in [0, 0.05) is 12.6 Å². The summed E-state index contributed by atoms with van der Waals surface area (Å²) < 4.78 is 15.6. The summed E-state index contributed by atoms with van der Waals surface area (Å²) in [5.74, 6) is -0.230. The van der Waals surface area contributed by atoms with Crippen molar-refractivity contribution in [2.24, 2.45) is 0 Å². The summed E-state index contributed by atoms with van der Waals surface area (Å²) >= 11 is 0. The summed E-state index contributed by atoms with van der Waals surface area (Å²) in [6.45, 7) is 1.87. The van der Waals surface area contributed by atoms with Gasteiger partial charge in [-0.25, -0.2) is 9.37 Å². The average molecular weight is 426 g/mol. The zero-order valence-electron chi connectivity index (χ0n) is 15.6. The number of aryl methyl sites for hydroxylation is 1. The van der Waals surface area contributed by atoms with Gasteiger partial charge >= 0.3 is 0 Å². The Labute approximate surface area is 177 Å². The summed E-state index contributed by atoms with van der Waals surface area (Å²) in [7, 11) is 0. The maximum Gasteiger partial charge on any atom is 0.123 e. The summed E-state index contributed by atoms with van der Waals surface area (Å²) in [6, 6.07) is 12.9. The fourth-order valence-corrected chi connectivity index (χ4v) is 3.80. The van der Waals surface area contributed by atoms with Crippen molar-refractivity contribution in [1.82, 2.24) is 14.9 Å². The van der Waals surface area contributed by atoms with E-state index < -0.39 is 0 Å². The molecule has 0 saturated carbocycles. The van der Waals surface area contributed by atoms with E-state index in [-0.39, 0.29) is 42.8 Å². The van der Waals surface area contributed by atoms with Crippen LogP contribution >= 0.6 is 24.8 Å². The molecule has 2 N–H and O–H groups in total. The minimum Gasteiger partial charge on any atom is -0.392 e.